The van der Waals surface area contributed by atoms with Gasteiger partial charge in [-0.05, 0) is 30.8 Å². The smallest absolute Gasteiger partial charge is 0.261 e. The van der Waals surface area contributed by atoms with Crippen LogP contribution in [0.5, 0.6) is 0 Å². The summed E-state index contributed by atoms with van der Waals surface area (Å²) in [6.45, 7) is 2.87. The first-order valence-corrected chi connectivity index (χ1v) is 5.72. The molecule has 1 aromatic carbocycles. The number of nitrogens with one attached hydrogen (secondary N) is 1. The Morgan fingerprint density at radius 2 is 2.00 bits per heavy atom. The average molecular weight is 223 g/mol. The molecule has 0 saturated carbocycles. The van der Waals surface area contributed by atoms with Crippen LogP contribution >= 0.6 is 12.2 Å². The molecule has 0 bridgehead atoms. The standard InChI is InChI=1S/C12H17NOS/c1-2-3-7-10-14-12(15)13-11-8-5-4-6-9-11/h4-6,8-9H,2-3,7,10H2,1H3,(H,13,15). The van der Waals surface area contributed by atoms with Gasteiger partial charge in [-0.15, -0.1) is 0 Å². The van der Waals surface area contributed by atoms with Crippen molar-refractivity contribution in [2.75, 3.05) is 11.9 Å². The fraction of sp³-hybridized carbons (Fsp3) is 0.417. The Balaban J connectivity index is 2.19. The van der Waals surface area contributed by atoms with Crippen molar-refractivity contribution in [3.63, 3.8) is 0 Å². The zero-order valence-corrected chi connectivity index (χ0v) is 9.85. The van der Waals surface area contributed by atoms with Crippen LogP contribution < -0.4 is 5.32 Å². The van der Waals surface area contributed by atoms with Crippen molar-refractivity contribution in [2.45, 2.75) is 26.2 Å². The highest BCUT2D eigenvalue weighted by molar-refractivity contribution is 7.80. The Hall–Kier alpha value is -1.09. The van der Waals surface area contributed by atoms with Gasteiger partial charge in [0.15, 0.2) is 0 Å². The molecule has 82 valence electrons. The van der Waals surface area contributed by atoms with Crippen LogP contribution in [0.15, 0.2) is 30.3 Å². The van der Waals surface area contributed by atoms with E-state index in [1.54, 1.807) is 0 Å². The fourth-order valence-corrected chi connectivity index (χ4v) is 1.39. The maximum absolute atomic E-state index is 5.37. The summed E-state index contributed by atoms with van der Waals surface area (Å²) >= 11 is 5.05. The van der Waals surface area contributed by atoms with Crippen LogP contribution in [-0.2, 0) is 4.74 Å². The van der Waals surface area contributed by atoms with Gasteiger partial charge in [0.25, 0.3) is 5.17 Å². The van der Waals surface area contributed by atoms with E-state index >= 15 is 0 Å². The minimum atomic E-state index is 0.456. The number of para-hydroxylation sites is 1. The fourth-order valence-electron chi connectivity index (χ4n) is 1.19. The zero-order valence-electron chi connectivity index (χ0n) is 9.03. The molecule has 1 N–H and O–H groups in total. The van der Waals surface area contributed by atoms with Gasteiger partial charge in [0.2, 0.25) is 0 Å². The quantitative estimate of drug-likeness (QED) is 0.609. The van der Waals surface area contributed by atoms with E-state index < -0.39 is 0 Å². The first kappa shape index (κ1) is 12.0. The van der Waals surface area contributed by atoms with Gasteiger partial charge in [-0.3, -0.25) is 0 Å². The summed E-state index contributed by atoms with van der Waals surface area (Å²) in [5, 5.41) is 3.48. The number of hydrogen-bond acceptors (Lipinski definition) is 2. The number of anilines is 1. The summed E-state index contributed by atoms with van der Waals surface area (Å²) in [5.74, 6) is 0. The summed E-state index contributed by atoms with van der Waals surface area (Å²) in [4.78, 5) is 0. The third-order valence-electron chi connectivity index (χ3n) is 2.00. The van der Waals surface area contributed by atoms with Crippen LogP contribution in [0.25, 0.3) is 0 Å². The number of benzene rings is 1. The molecule has 3 heteroatoms. The van der Waals surface area contributed by atoms with Crippen LogP contribution in [0.2, 0.25) is 0 Å². The SMILES string of the molecule is CCCCCOC(=S)Nc1ccccc1. The highest BCUT2D eigenvalue weighted by atomic mass is 32.1. The molecule has 0 aliphatic carbocycles. The van der Waals surface area contributed by atoms with Crippen molar-refractivity contribution in [2.24, 2.45) is 0 Å². The van der Waals surface area contributed by atoms with E-state index in [-0.39, 0.29) is 0 Å². The lowest BCUT2D eigenvalue weighted by Gasteiger charge is -2.09. The molecular formula is C12H17NOS. The van der Waals surface area contributed by atoms with Crippen molar-refractivity contribution >= 4 is 23.1 Å². The topological polar surface area (TPSA) is 21.3 Å². The maximum atomic E-state index is 5.37. The largest absolute Gasteiger partial charge is 0.471 e. The van der Waals surface area contributed by atoms with Crippen molar-refractivity contribution in [1.29, 1.82) is 0 Å². The second-order valence-corrected chi connectivity index (χ2v) is 3.70. The minimum Gasteiger partial charge on any atom is -0.471 e. The number of unbranched alkanes of at least 4 members (excludes halogenated alkanes) is 2. The van der Waals surface area contributed by atoms with Gasteiger partial charge in [0.05, 0.1) is 6.61 Å². The van der Waals surface area contributed by atoms with E-state index in [1.807, 2.05) is 30.3 Å². The highest BCUT2D eigenvalue weighted by Crippen LogP contribution is 2.05. The average Bonchev–Trinajstić information content (AvgIpc) is 2.26. The predicted molar refractivity (Wildman–Crippen MR) is 68.1 cm³/mol. The van der Waals surface area contributed by atoms with E-state index in [1.165, 1.54) is 12.8 Å². The Morgan fingerprint density at radius 1 is 1.27 bits per heavy atom. The third-order valence-corrected chi connectivity index (χ3v) is 2.22. The van der Waals surface area contributed by atoms with E-state index in [2.05, 4.69) is 12.2 Å². The summed E-state index contributed by atoms with van der Waals surface area (Å²) in [6.07, 6.45) is 3.45. The van der Waals surface area contributed by atoms with Gasteiger partial charge < -0.3 is 10.1 Å². The first-order chi connectivity index (χ1) is 7.33. The first-order valence-electron chi connectivity index (χ1n) is 5.31. The van der Waals surface area contributed by atoms with Crippen molar-refractivity contribution < 1.29 is 4.74 Å². The molecule has 1 rings (SSSR count). The molecule has 0 aliphatic heterocycles. The second kappa shape index (κ2) is 7.23. The molecular weight excluding hydrogens is 206 g/mol. The van der Waals surface area contributed by atoms with Gasteiger partial charge in [-0.25, -0.2) is 0 Å². The van der Waals surface area contributed by atoms with E-state index in [0.29, 0.717) is 11.8 Å². The lowest BCUT2D eigenvalue weighted by atomic mass is 10.3. The number of ether oxygens (including phenoxy) is 1. The van der Waals surface area contributed by atoms with Gasteiger partial charge in [0.1, 0.15) is 0 Å². The van der Waals surface area contributed by atoms with Crippen LogP contribution in [0, 0.1) is 0 Å². The number of thiocarbonyl (C=S) groups is 1. The lowest BCUT2D eigenvalue weighted by Crippen LogP contribution is -2.13. The molecule has 1 aromatic rings. The Labute approximate surface area is 96.6 Å². The molecule has 0 atom stereocenters. The Morgan fingerprint density at radius 3 is 2.67 bits per heavy atom. The number of rotatable bonds is 5. The lowest BCUT2D eigenvalue weighted by molar-refractivity contribution is 0.301. The van der Waals surface area contributed by atoms with Gasteiger partial charge >= 0.3 is 0 Å². The normalized spacial score (nSPS) is 9.67. The second-order valence-electron chi connectivity index (χ2n) is 3.33. The van der Waals surface area contributed by atoms with E-state index in [4.69, 9.17) is 17.0 Å². The molecule has 2 nitrogen and oxygen atoms in total. The molecule has 0 saturated heterocycles. The molecule has 0 heterocycles. The maximum Gasteiger partial charge on any atom is 0.261 e. The van der Waals surface area contributed by atoms with E-state index in [0.717, 1.165) is 12.1 Å². The van der Waals surface area contributed by atoms with Crippen LogP contribution in [-0.4, -0.2) is 11.8 Å². The molecule has 0 radical (unpaired) electrons. The monoisotopic (exact) mass is 223 g/mol. The van der Waals surface area contributed by atoms with Gasteiger partial charge in [-0.1, -0.05) is 38.0 Å². The summed E-state index contributed by atoms with van der Waals surface area (Å²) < 4.78 is 5.37. The molecule has 0 fully saturated rings. The van der Waals surface area contributed by atoms with Crippen molar-refractivity contribution in [1.82, 2.24) is 0 Å². The zero-order chi connectivity index (χ0) is 10.9. The molecule has 0 spiro atoms. The van der Waals surface area contributed by atoms with Crippen molar-refractivity contribution in [3.05, 3.63) is 30.3 Å². The Kier molecular flexibility index (Phi) is 5.78. The van der Waals surface area contributed by atoms with Crippen LogP contribution in [0.1, 0.15) is 26.2 Å². The van der Waals surface area contributed by atoms with Gasteiger partial charge in [-0.2, -0.15) is 0 Å². The summed E-state index contributed by atoms with van der Waals surface area (Å²) in [7, 11) is 0. The molecule has 0 unspecified atom stereocenters. The highest BCUT2D eigenvalue weighted by Gasteiger charge is 1.97. The Bertz CT molecular complexity index is 287. The van der Waals surface area contributed by atoms with E-state index in [9.17, 15) is 0 Å². The molecule has 0 aliphatic rings. The number of hydrogen-bond donors (Lipinski definition) is 1. The van der Waals surface area contributed by atoms with Crippen LogP contribution in [0.4, 0.5) is 5.69 Å². The van der Waals surface area contributed by atoms with Crippen molar-refractivity contribution in [3.8, 4) is 0 Å². The summed E-state index contributed by atoms with van der Waals surface area (Å²) in [6, 6.07) is 9.81. The van der Waals surface area contributed by atoms with Gasteiger partial charge in [0, 0.05) is 5.69 Å². The predicted octanol–water partition coefficient (Wildman–Crippen LogP) is 3.59. The third kappa shape index (κ3) is 5.37. The molecule has 0 amide bonds. The molecule has 15 heavy (non-hydrogen) atoms. The van der Waals surface area contributed by atoms with Crippen LogP contribution in [0.3, 0.4) is 0 Å². The summed E-state index contributed by atoms with van der Waals surface area (Å²) in [5.41, 5.74) is 0.970. The minimum absolute atomic E-state index is 0.456. The molecule has 0 aromatic heterocycles.